The maximum Gasteiger partial charge on any atom is 0.113 e. The van der Waals surface area contributed by atoms with Gasteiger partial charge in [-0.15, -0.1) is 0 Å². The first-order valence-electron chi connectivity index (χ1n) is 10.3. The number of rotatable bonds is 2. The van der Waals surface area contributed by atoms with E-state index < -0.39 is 0 Å². The molecule has 1 aromatic carbocycles. The zero-order valence-electron chi connectivity index (χ0n) is 16.5. The van der Waals surface area contributed by atoms with E-state index in [0.717, 1.165) is 24.5 Å². The molecule has 138 valence electrons. The van der Waals surface area contributed by atoms with Crippen molar-refractivity contribution in [3.05, 3.63) is 28.8 Å². The zero-order chi connectivity index (χ0) is 18.1. The standard InChI is InChI=1S/C23H31N3/c1-4-18-15-20-21(25-22(24-3)23(20)11-8-12-23)16-19(18)10-7-14-26-13-6-5-9-17(26)2/h15-17H,4-6,8-9,11-14H2,1-3H3,(H,24,25). The van der Waals surface area contributed by atoms with Gasteiger partial charge < -0.3 is 5.32 Å². The lowest BCUT2D eigenvalue weighted by atomic mass is 9.64. The Morgan fingerprint density at radius 1 is 1.27 bits per heavy atom. The molecule has 1 unspecified atom stereocenters. The van der Waals surface area contributed by atoms with Gasteiger partial charge in [0.05, 0.1) is 17.6 Å². The van der Waals surface area contributed by atoms with E-state index in [1.54, 1.807) is 0 Å². The summed E-state index contributed by atoms with van der Waals surface area (Å²) >= 11 is 0. The summed E-state index contributed by atoms with van der Waals surface area (Å²) in [7, 11) is 2.01. The van der Waals surface area contributed by atoms with Gasteiger partial charge in [0.2, 0.25) is 0 Å². The molecule has 0 aromatic heterocycles. The van der Waals surface area contributed by atoms with E-state index in [9.17, 15) is 0 Å². The third-order valence-electron chi connectivity index (χ3n) is 6.69. The van der Waals surface area contributed by atoms with Crippen molar-refractivity contribution in [1.29, 1.82) is 0 Å². The summed E-state index contributed by atoms with van der Waals surface area (Å²) in [5.74, 6) is 8.09. The van der Waals surface area contributed by atoms with Gasteiger partial charge in [-0.3, -0.25) is 4.90 Å². The van der Waals surface area contributed by atoms with Crippen LogP contribution in [0, 0.1) is 11.8 Å². The summed E-state index contributed by atoms with van der Waals surface area (Å²) in [5, 5.41) is 3.36. The van der Waals surface area contributed by atoms with Crippen molar-refractivity contribution < 1.29 is 0 Å². The van der Waals surface area contributed by atoms with Gasteiger partial charge in [-0.05, 0) is 62.8 Å². The summed E-state index contributed by atoms with van der Waals surface area (Å²) in [6, 6.07) is 5.31. The van der Waals surface area contributed by atoms with Gasteiger partial charge in [0.1, 0.15) is 5.84 Å². The van der Waals surface area contributed by atoms with Crippen molar-refractivity contribution in [2.45, 2.75) is 70.3 Å². The van der Waals surface area contributed by atoms with Crippen LogP contribution in [-0.2, 0) is 11.8 Å². The topological polar surface area (TPSA) is 27.6 Å². The first-order valence-corrected chi connectivity index (χ1v) is 10.3. The third-order valence-corrected chi connectivity index (χ3v) is 6.69. The van der Waals surface area contributed by atoms with Crippen LogP contribution in [0.25, 0.3) is 0 Å². The Hall–Kier alpha value is -1.79. The van der Waals surface area contributed by atoms with Crippen LogP contribution in [0.5, 0.6) is 0 Å². The molecule has 3 heteroatoms. The Labute approximate surface area is 158 Å². The van der Waals surface area contributed by atoms with Gasteiger partial charge in [-0.1, -0.05) is 37.7 Å². The van der Waals surface area contributed by atoms with Crippen molar-refractivity contribution in [1.82, 2.24) is 10.2 Å². The van der Waals surface area contributed by atoms with E-state index in [0.29, 0.717) is 6.04 Å². The average Bonchev–Trinajstić information content (AvgIpc) is 2.96. The van der Waals surface area contributed by atoms with Crippen molar-refractivity contribution >= 4 is 11.5 Å². The lowest BCUT2D eigenvalue weighted by Crippen LogP contribution is -2.45. The summed E-state index contributed by atoms with van der Waals surface area (Å²) in [6.45, 7) is 6.65. The van der Waals surface area contributed by atoms with E-state index >= 15 is 0 Å². The van der Waals surface area contributed by atoms with Gasteiger partial charge in [0.25, 0.3) is 0 Å². The Kier molecular flexibility index (Phi) is 4.80. The number of nitrogens with one attached hydrogen (secondary N) is 1. The molecule has 0 amide bonds. The fraction of sp³-hybridized carbons (Fsp3) is 0.609. The number of benzene rings is 1. The van der Waals surface area contributed by atoms with Crippen LogP contribution in [0.4, 0.5) is 5.69 Å². The predicted molar refractivity (Wildman–Crippen MR) is 109 cm³/mol. The largest absolute Gasteiger partial charge is 0.376 e. The maximum atomic E-state index is 4.92. The number of amidine groups is 1. The summed E-state index contributed by atoms with van der Waals surface area (Å²) < 4.78 is 0. The van der Waals surface area contributed by atoms with Crippen molar-refractivity contribution in [3.8, 4) is 11.8 Å². The molecule has 1 saturated heterocycles. The highest BCUT2D eigenvalue weighted by Crippen LogP contribution is 2.52. The minimum atomic E-state index is 0.170. The Bertz CT molecular complexity index is 777. The molecule has 2 aliphatic heterocycles. The van der Waals surface area contributed by atoms with Crippen molar-refractivity contribution in [2.75, 3.05) is 20.1 Å². The van der Waals surface area contributed by atoms with Crippen molar-refractivity contribution in [3.63, 3.8) is 0 Å². The second-order valence-corrected chi connectivity index (χ2v) is 8.14. The summed E-state index contributed by atoms with van der Waals surface area (Å²) in [6.07, 6.45) is 8.77. The average molecular weight is 350 g/mol. The van der Waals surface area contributed by atoms with E-state index in [1.165, 1.54) is 61.8 Å². The van der Waals surface area contributed by atoms with Crippen LogP contribution in [0.15, 0.2) is 17.1 Å². The molecule has 3 aliphatic rings. The lowest BCUT2D eigenvalue weighted by molar-refractivity contribution is 0.182. The van der Waals surface area contributed by atoms with Crippen LogP contribution in [0.1, 0.15) is 69.1 Å². The highest BCUT2D eigenvalue weighted by atomic mass is 15.1. The quantitative estimate of drug-likeness (QED) is 0.812. The molecule has 1 aromatic rings. The highest BCUT2D eigenvalue weighted by molar-refractivity contribution is 6.01. The molecular weight excluding hydrogens is 318 g/mol. The number of hydrogen-bond donors (Lipinski definition) is 1. The van der Waals surface area contributed by atoms with Gasteiger partial charge in [0, 0.05) is 18.7 Å². The molecule has 1 N–H and O–H groups in total. The van der Waals surface area contributed by atoms with E-state index in [-0.39, 0.29) is 5.41 Å². The molecular formula is C23H31N3. The SMILES string of the molecule is CCc1cc2c(cc1C#CCN1CCCCC1C)N=C(NC)C21CCC1. The Morgan fingerprint density at radius 3 is 2.77 bits per heavy atom. The van der Waals surface area contributed by atoms with Gasteiger partial charge in [0.15, 0.2) is 0 Å². The second kappa shape index (κ2) is 7.08. The number of piperidine rings is 1. The normalized spacial score (nSPS) is 23.7. The van der Waals surface area contributed by atoms with Crippen LogP contribution < -0.4 is 5.32 Å². The van der Waals surface area contributed by atoms with Crippen LogP contribution >= 0.6 is 0 Å². The molecule has 1 saturated carbocycles. The molecule has 1 spiro atoms. The Balaban J connectivity index is 1.60. The third kappa shape index (κ3) is 2.85. The smallest absolute Gasteiger partial charge is 0.113 e. The molecule has 4 rings (SSSR count). The molecule has 0 radical (unpaired) electrons. The van der Waals surface area contributed by atoms with E-state index in [4.69, 9.17) is 4.99 Å². The molecule has 3 nitrogen and oxygen atoms in total. The number of nitrogens with zero attached hydrogens (tertiary/aromatic N) is 2. The lowest BCUT2D eigenvalue weighted by Gasteiger charge is -2.40. The summed E-state index contributed by atoms with van der Waals surface area (Å²) in [4.78, 5) is 7.44. The number of likely N-dealkylation sites (tertiary alicyclic amines) is 1. The predicted octanol–water partition coefficient (Wildman–Crippen LogP) is 4.16. The van der Waals surface area contributed by atoms with Crippen LogP contribution in [-0.4, -0.2) is 36.9 Å². The number of fused-ring (bicyclic) bond motifs is 2. The van der Waals surface area contributed by atoms with Gasteiger partial charge >= 0.3 is 0 Å². The first-order chi connectivity index (χ1) is 12.7. The number of aliphatic imine (C=N–C) groups is 1. The van der Waals surface area contributed by atoms with Crippen molar-refractivity contribution in [2.24, 2.45) is 4.99 Å². The number of likely N-dealkylation sites (N-methyl/N-ethyl adjacent to an activating group) is 1. The fourth-order valence-corrected chi connectivity index (χ4v) is 4.83. The molecule has 0 bridgehead atoms. The van der Waals surface area contributed by atoms with E-state index in [1.807, 2.05) is 7.05 Å². The molecule has 26 heavy (non-hydrogen) atoms. The number of hydrogen-bond acceptors (Lipinski definition) is 3. The minimum Gasteiger partial charge on any atom is -0.376 e. The van der Waals surface area contributed by atoms with Crippen LogP contribution in [0.2, 0.25) is 0 Å². The molecule has 2 fully saturated rings. The highest BCUT2D eigenvalue weighted by Gasteiger charge is 2.48. The minimum absolute atomic E-state index is 0.170. The maximum absolute atomic E-state index is 4.92. The second-order valence-electron chi connectivity index (χ2n) is 8.14. The molecule has 2 heterocycles. The zero-order valence-corrected chi connectivity index (χ0v) is 16.5. The van der Waals surface area contributed by atoms with Gasteiger partial charge in [-0.2, -0.15) is 0 Å². The summed E-state index contributed by atoms with van der Waals surface area (Å²) in [5.41, 5.74) is 5.29. The fourth-order valence-electron chi connectivity index (χ4n) is 4.83. The number of aryl methyl sites for hydroxylation is 1. The molecule has 1 atom stereocenters. The van der Waals surface area contributed by atoms with Gasteiger partial charge in [-0.25, -0.2) is 4.99 Å². The first kappa shape index (κ1) is 17.6. The molecule has 1 aliphatic carbocycles. The van der Waals surface area contributed by atoms with Crippen LogP contribution in [0.3, 0.4) is 0 Å². The Morgan fingerprint density at radius 2 is 2.12 bits per heavy atom. The monoisotopic (exact) mass is 349 g/mol. The van der Waals surface area contributed by atoms with E-state index in [2.05, 4.69) is 48.0 Å².